The van der Waals surface area contributed by atoms with E-state index in [9.17, 15) is 5.11 Å². The molecular formula is C21H23ClN6OS. The maximum absolute atomic E-state index is 9.37. The maximum Gasteiger partial charge on any atom is 0.159 e. The fraction of sp³-hybridized carbons (Fsp3) is 0.381. The number of nitrogens with zero attached hydrogens (tertiary/aromatic N) is 4. The lowest BCUT2D eigenvalue weighted by Gasteiger charge is -2.34. The number of H-pyrrole nitrogens is 1. The van der Waals surface area contributed by atoms with E-state index in [0.717, 1.165) is 64.0 Å². The number of nitrogens with two attached hydrogens (primary N) is 1. The Balaban J connectivity index is 1.51. The summed E-state index contributed by atoms with van der Waals surface area (Å²) in [6.45, 7) is -0.0915. The van der Waals surface area contributed by atoms with E-state index in [4.69, 9.17) is 27.3 Å². The van der Waals surface area contributed by atoms with Crippen molar-refractivity contribution in [1.82, 2.24) is 19.9 Å². The molecule has 1 aliphatic carbocycles. The molecule has 5 rings (SSSR count). The van der Waals surface area contributed by atoms with E-state index in [1.807, 2.05) is 24.5 Å². The van der Waals surface area contributed by atoms with E-state index < -0.39 is 0 Å². The zero-order valence-electron chi connectivity index (χ0n) is 16.6. The van der Waals surface area contributed by atoms with Crippen LogP contribution in [-0.2, 0) is 6.61 Å². The Morgan fingerprint density at radius 1 is 1.30 bits per heavy atom. The summed E-state index contributed by atoms with van der Waals surface area (Å²) in [5.74, 6) is 0.839. The summed E-state index contributed by atoms with van der Waals surface area (Å²) in [7, 11) is 2.07. The van der Waals surface area contributed by atoms with E-state index >= 15 is 0 Å². The molecule has 1 fully saturated rings. The predicted octanol–water partition coefficient (Wildman–Crippen LogP) is 4.09. The quantitative estimate of drug-likeness (QED) is 0.439. The van der Waals surface area contributed by atoms with Crippen molar-refractivity contribution in [2.45, 2.75) is 44.4 Å². The number of aliphatic hydroxyl groups excluding tert-OH is 1. The minimum absolute atomic E-state index is 0.0915. The molecule has 0 radical (unpaired) electrons. The van der Waals surface area contributed by atoms with Crippen molar-refractivity contribution in [3.8, 4) is 11.1 Å². The summed E-state index contributed by atoms with van der Waals surface area (Å²) in [5, 5.41) is 10.6. The number of fused-ring (bicyclic) bond motifs is 2. The van der Waals surface area contributed by atoms with Crippen molar-refractivity contribution in [2.75, 3.05) is 11.9 Å². The van der Waals surface area contributed by atoms with Gasteiger partial charge in [0.1, 0.15) is 16.3 Å². The van der Waals surface area contributed by atoms with Crippen LogP contribution in [-0.4, -0.2) is 44.2 Å². The first kappa shape index (κ1) is 19.7. The average Bonchev–Trinajstić information content (AvgIpc) is 3.37. The molecule has 0 spiro atoms. The molecule has 3 heterocycles. The first-order valence-electron chi connectivity index (χ1n) is 10.1. The van der Waals surface area contributed by atoms with Gasteiger partial charge in [-0.2, -0.15) is 0 Å². The fourth-order valence-electron chi connectivity index (χ4n) is 4.28. The van der Waals surface area contributed by atoms with Gasteiger partial charge in [0.05, 0.1) is 28.0 Å². The van der Waals surface area contributed by atoms with Crippen molar-refractivity contribution in [2.24, 2.45) is 5.73 Å². The molecule has 4 N–H and O–H groups in total. The van der Waals surface area contributed by atoms with E-state index in [1.54, 1.807) is 0 Å². The van der Waals surface area contributed by atoms with Crippen molar-refractivity contribution < 1.29 is 5.11 Å². The van der Waals surface area contributed by atoms with Crippen LogP contribution in [0.5, 0.6) is 0 Å². The zero-order valence-corrected chi connectivity index (χ0v) is 18.2. The number of anilines is 1. The van der Waals surface area contributed by atoms with Crippen LogP contribution in [0.4, 0.5) is 5.82 Å². The van der Waals surface area contributed by atoms with Crippen LogP contribution < -0.4 is 10.6 Å². The van der Waals surface area contributed by atoms with Gasteiger partial charge in [0.25, 0.3) is 0 Å². The van der Waals surface area contributed by atoms with Crippen molar-refractivity contribution in [1.29, 1.82) is 0 Å². The number of aromatic amines is 1. The highest BCUT2D eigenvalue weighted by Gasteiger charge is 2.24. The van der Waals surface area contributed by atoms with Crippen molar-refractivity contribution in [3.05, 3.63) is 34.6 Å². The average molecular weight is 443 g/mol. The smallest absolute Gasteiger partial charge is 0.159 e. The molecule has 30 heavy (non-hydrogen) atoms. The Kier molecular flexibility index (Phi) is 5.10. The number of aromatic nitrogens is 4. The molecule has 4 aromatic rings. The van der Waals surface area contributed by atoms with Gasteiger partial charge in [0, 0.05) is 36.5 Å². The molecule has 7 nitrogen and oxygen atoms in total. The Hall–Kier alpha value is -2.26. The summed E-state index contributed by atoms with van der Waals surface area (Å²) in [6.07, 6.45) is 8.07. The summed E-state index contributed by atoms with van der Waals surface area (Å²) >= 11 is 8.11. The number of rotatable bonds is 4. The first-order valence-corrected chi connectivity index (χ1v) is 11.3. The molecule has 1 aromatic carbocycles. The molecule has 156 valence electrons. The van der Waals surface area contributed by atoms with Gasteiger partial charge in [-0.25, -0.2) is 15.0 Å². The van der Waals surface area contributed by atoms with E-state index in [1.165, 1.54) is 11.3 Å². The van der Waals surface area contributed by atoms with Gasteiger partial charge < -0.3 is 20.7 Å². The van der Waals surface area contributed by atoms with Gasteiger partial charge in [-0.15, -0.1) is 11.3 Å². The molecule has 1 aliphatic rings. The SMILES string of the molecule is CN(c1cnc2c(-c3ccc4nc(CO)sc4c3Cl)c[nH]c2n1)[C@@H]1CCC[C@@H](N)C1. The molecule has 9 heteroatoms. The highest BCUT2D eigenvalue weighted by Crippen LogP contribution is 2.39. The number of aliphatic hydroxyl groups is 1. The van der Waals surface area contributed by atoms with E-state index in [-0.39, 0.29) is 12.6 Å². The predicted molar refractivity (Wildman–Crippen MR) is 122 cm³/mol. The standard InChI is InChI=1S/C21H23ClN6OS/c1-28(12-4-2-3-11(23)7-12)16-9-24-19-14(8-25-21(19)27-16)13-5-6-15-20(18(13)22)30-17(10-29)26-15/h5-6,8-9,11-12,29H,2-4,7,10,23H2,1H3,(H,25,27)/t11-,12-/m1/s1. The molecule has 0 aliphatic heterocycles. The van der Waals surface area contributed by atoms with Gasteiger partial charge in [-0.1, -0.05) is 17.7 Å². The van der Waals surface area contributed by atoms with Gasteiger partial charge in [-0.3, -0.25) is 0 Å². The largest absolute Gasteiger partial charge is 0.389 e. The number of halogens is 1. The lowest BCUT2D eigenvalue weighted by atomic mass is 9.91. The zero-order chi connectivity index (χ0) is 20.8. The molecule has 2 atom stereocenters. The third kappa shape index (κ3) is 3.33. The second kappa shape index (κ2) is 7.77. The van der Waals surface area contributed by atoms with Gasteiger partial charge in [0.15, 0.2) is 5.65 Å². The number of nitrogens with one attached hydrogen (secondary N) is 1. The molecule has 0 bridgehead atoms. The highest BCUT2D eigenvalue weighted by molar-refractivity contribution is 7.19. The van der Waals surface area contributed by atoms with Crippen LogP contribution in [0.2, 0.25) is 5.02 Å². The normalized spacial score (nSPS) is 19.6. The Bertz CT molecular complexity index is 1220. The minimum Gasteiger partial charge on any atom is -0.389 e. The summed E-state index contributed by atoms with van der Waals surface area (Å²) < 4.78 is 0.866. The van der Waals surface area contributed by atoms with Gasteiger partial charge in [0.2, 0.25) is 0 Å². The van der Waals surface area contributed by atoms with Crippen LogP contribution in [0.15, 0.2) is 24.5 Å². The third-order valence-corrected chi connectivity index (χ3v) is 7.51. The topological polar surface area (TPSA) is 104 Å². The fourth-order valence-corrected chi connectivity index (χ4v) is 5.52. The minimum atomic E-state index is -0.0915. The first-order chi connectivity index (χ1) is 14.5. The monoisotopic (exact) mass is 442 g/mol. The number of benzene rings is 1. The number of hydrogen-bond acceptors (Lipinski definition) is 7. The number of hydrogen-bond donors (Lipinski definition) is 3. The third-order valence-electron chi connectivity index (χ3n) is 5.93. The summed E-state index contributed by atoms with van der Waals surface area (Å²) in [5.41, 5.74) is 10.2. The Morgan fingerprint density at radius 2 is 2.17 bits per heavy atom. The van der Waals surface area contributed by atoms with Gasteiger partial charge in [-0.05, 0) is 31.7 Å². The summed E-state index contributed by atoms with van der Waals surface area (Å²) in [6, 6.07) is 4.51. The molecule has 1 saturated carbocycles. The second-order valence-electron chi connectivity index (χ2n) is 7.86. The van der Waals surface area contributed by atoms with Crippen LogP contribution in [0.1, 0.15) is 30.7 Å². The van der Waals surface area contributed by atoms with E-state index in [0.29, 0.717) is 16.1 Å². The van der Waals surface area contributed by atoms with E-state index in [2.05, 4.69) is 21.9 Å². The molecule has 0 saturated heterocycles. The Morgan fingerprint density at radius 3 is 2.97 bits per heavy atom. The van der Waals surface area contributed by atoms with Crippen molar-refractivity contribution in [3.63, 3.8) is 0 Å². The Labute approximate surface area is 182 Å². The molecule has 0 unspecified atom stereocenters. The van der Waals surface area contributed by atoms with Crippen molar-refractivity contribution >= 4 is 50.1 Å². The van der Waals surface area contributed by atoms with Crippen LogP contribution in [0, 0.1) is 0 Å². The van der Waals surface area contributed by atoms with Crippen LogP contribution in [0.3, 0.4) is 0 Å². The highest BCUT2D eigenvalue weighted by atomic mass is 35.5. The second-order valence-corrected chi connectivity index (χ2v) is 9.32. The molecular weight excluding hydrogens is 420 g/mol. The lowest BCUT2D eigenvalue weighted by molar-refractivity contribution is 0.281. The molecule has 3 aromatic heterocycles. The maximum atomic E-state index is 9.37. The van der Waals surface area contributed by atoms with Crippen LogP contribution in [0.25, 0.3) is 32.5 Å². The lowest BCUT2D eigenvalue weighted by Crippen LogP contribution is -2.41. The van der Waals surface area contributed by atoms with Crippen LogP contribution >= 0.6 is 22.9 Å². The van der Waals surface area contributed by atoms with Gasteiger partial charge >= 0.3 is 0 Å². The summed E-state index contributed by atoms with van der Waals surface area (Å²) in [4.78, 5) is 19.4. The number of thiazole rings is 1. The molecule has 0 amide bonds.